The third kappa shape index (κ3) is 6.25. The van der Waals surface area contributed by atoms with Gasteiger partial charge in [-0.05, 0) is 43.0 Å². The van der Waals surface area contributed by atoms with Gasteiger partial charge in [0.1, 0.15) is 0 Å². The molecule has 0 aromatic heterocycles. The molecule has 2 N–H and O–H groups in total. The Balaban J connectivity index is 2.50. The molecule has 5 heteroatoms. The zero-order chi connectivity index (χ0) is 15.8. The number of hydrogen-bond donors (Lipinski definition) is 1. The number of amides is 1. The molecule has 0 bridgehead atoms. The number of hydrogen-bond acceptors (Lipinski definition) is 2. The van der Waals surface area contributed by atoms with Gasteiger partial charge in [-0.2, -0.15) is 0 Å². The summed E-state index contributed by atoms with van der Waals surface area (Å²) >= 11 is 12.0. The number of benzene rings is 1. The van der Waals surface area contributed by atoms with Crippen LogP contribution in [0.2, 0.25) is 10.0 Å². The van der Waals surface area contributed by atoms with Gasteiger partial charge in [0.05, 0.1) is 0 Å². The van der Waals surface area contributed by atoms with Gasteiger partial charge in [-0.15, -0.1) is 0 Å². The molecule has 0 saturated carbocycles. The quantitative estimate of drug-likeness (QED) is 0.779. The van der Waals surface area contributed by atoms with E-state index in [9.17, 15) is 4.79 Å². The molecular formula is C16H24Cl2N2O. The highest BCUT2D eigenvalue weighted by Gasteiger charge is 2.14. The van der Waals surface area contributed by atoms with Crippen molar-refractivity contribution in [1.82, 2.24) is 4.90 Å². The highest BCUT2D eigenvalue weighted by atomic mass is 35.5. The number of carbonyl (C=O) groups is 1. The second-order valence-corrected chi connectivity index (χ2v) is 6.22. The molecule has 0 spiro atoms. The van der Waals surface area contributed by atoms with Gasteiger partial charge in [0.25, 0.3) is 0 Å². The maximum atomic E-state index is 12.2. The molecule has 3 nitrogen and oxygen atoms in total. The molecule has 0 fully saturated rings. The van der Waals surface area contributed by atoms with Crippen molar-refractivity contribution in [2.45, 2.75) is 39.2 Å². The lowest BCUT2D eigenvalue weighted by molar-refractivity contribution is -0.130. The van der Waals surface area contributed by atoms with Crippen LogP contribution in [0.25, 0.3) is 0 Å². The van der Waals surface area contributed by atoms with Crippen LogP contribution >= 0.6 is 23.2 Å². The summed E-state index contributed by atoms with van der Waals surface area (Å²) in [7, 11) is 1.80. The van der Waals surface area contributed by atoms with E-state index < -0.39 is 0 Å². The zero-order valence-corrected chi connectivity index (χ0v) is 14.3. The zero-order valence-electron chi connectivity index (χ0n) is 12.7. The van der Waals surface area contributed by atoms with Gasteiger partial charge in [0.15, 0.2) is 0 Å². The normalized spacial score (nSPS) is 12.2. The Hall–Kier alpha value is -0.770. The van der Waals surface area contributed by atoms with Gasteiger partial charge in [0.2, 0.25) is 5.91 Å². The fourth-order valence-corrected chi connectivity index (χ4v) is 2.77. The molecule has 0 radical (unpaired) electrons. The van der Waals surface area contributed by atoms with Crippen LogP contribution in [0, 0.1) is 5.92 Å². The van der Waals surface area contributed by atoms with E-state index in [0.29, 0.717) is 35.5 Å². The van der Waals surface area contributed by atoms with Crippen LogP contribution in [-0.4, -0.2) is 24.4 Å². The Morgan fingerprint density at radius 1 is 1.33 bits per heavy atom. The van der Waals surface area contributed by atoms with E-state index in [1.54, 1.807) is 24.1 Å². The molecule has 0 saturated heterocycles. The number of halogens is 2. The Morgan fingerprint density at radius 3 is 2.62 bits per heavy atom. The highest BCUT2D eigenvalue weighted by Crippen LogP contribution is 2.22. The molecule has 21 heavy (non-hydrogen) atoms. The summed E-state index contributed by atoms with van der Waals surface area (Å²) in [5.41, 5.74) is 6.49. The second kappa shape index (κ2) is 9.29. The van der Waals surface area contributed by atoms with Crippen LogP contribution in [0.4, 0.5) is 0 Å². The average Bonchev–Trinajstić information content (AvgIpc) is 2.45. The summed E-state index contributed by atoms with van der Waals surface area (Å²) in [6.07, 6.45) is 3.50. The van der Waals surface area contributed by atoms with Gasteiger partial charge >= 0.3 is 0 Å². The van der Waals surface area contributed by atoms with Gasteiger partial charge in [0, 0.05) is 30.1 Å². The molecule has 118 valence electrons. The van der Waals surface area contributed by atoms with Crippen LogP contribution < -0.4 is 5.73 Å². The van der Waals surface area contributed by atoms with E-state index in [0.717, 1.165) is 24.8 Å². The minimum Gasteiger partial charge on any atom is -0.341 e. The van der Waals surface area contributed by atoms with Gasteiger partial charge in [-0.25, -0.2) is 0 Å². The Kier molecular flexibility index (Phi) is 8.09. The van der Waals surface area contributed by atoms with Crippen LogP contribution in [0.1, 0.15) is 38.2 Å². The second-order valence-electron chi connectivity index (χ2n) is 5.38. The molecule has 0 aliphatic heterocycles. The summed E-state index contributed by atoms with van der Waals surface area (Å²) in [4.78, 5) is 13.9. The number of rotatable bonds is 8. The SMILES string of the molecule is CCC(CCN)CCC(=O)N(C)Cc1ccc(Cl)cc1Cl. The van der Waals surface area contributed by atoms with Crippen LogP contribution in [0.15, 0.2) is 18.2 Å². The Bertz CT molecular complexity index is 466. The van der Waals surface area contributed by atoms with Crippen molar-refractivity contribution in [1.29, 1.82) is 0 Å². The lowest BCUT2D eigenvalue weighted by Crippen LogP contribution is -2.26. The van der Waals surface area contributed by atoms with Crippen LogP contribution in [-0.2, 0) is 11.3 Å². The molecular weight excluding hydrogens is 307 g/mol. The third-order valence-corrected chi connectivity index (χ3v) is 4.35. The topological polar surface area (TPSA) is 46.3 Å². The first kappa shape index (κ1) is 18.3. The molecule has 0 aliphatic rings. The monoisotopic (exact) mass is 330 g/mol. The smallest absolute Gasteiger partial charge is 0.222 e. The van der Waals surface area contributed by atoms with Gasteiger partial charge in [-0.1, -0.05) is 42.6 Å². The minimum atomic E-state index is 0.136. The van der Waals surface area contributed by atoms with Crippen LogP contribution in [0.3, 0.4) is 0 Å². The molecule has 1 unspecified atom stereocenters. The van der Waals surface area contributed by atoms with Crippen molar-refractivity contribution in [2.24, 2.45) is 11.7 Å². The van der Waals surface area contributed by atoms with Crippen molar-refractivity contribution >= 4 is 29.1 Å². The van der Waals surface area contributed by atoms with Crippen molar-refractivity contribution < 1.29 is 4.79 Å². The third-order valence-electron chi connectivity index (χ3n) is 3.77. The average molecular weight is 331 g/mol. The maximum absolute atomic E-state index is 12.2. The Labute approximate surface area is 137 Å². The maximum Gasteiger partial charge on any atom is 0.222 e. The first-order valence-corrected chi connectivity index (χ1v) is 8.11. The first-order chi connectivity index (χ1) is 9.97. The first-order valence-electron chi connectivity index (χ1n) is 7.35. The highest BCUT2D eigenvalue weighted by molar-refractivity contribution is 6.35. The van der Waals surface area contributed by atoms with E-state index in [1.807, 2.05) is 6.07 Å². The van der Waals surface area contributed by atoms with Crippen molar-refractivity contribution in [2.75, 3.05) is 13.6 Å². The van der Waals surface area contributed by atoms with Crippen molar-refractivity contribution in [3.63, 3.8) is 0 Å². The lowest BCUT2D eigenvalue weighted by atomic mass is 9.96. The summed E-state index contributed by atoms with van der Waals surface area (Å²) < 4.78 is 0. The predicted octanol–water partition coefficient (Wildman–Crippen LogP) is 4.11. The predicted molar refractivity (Wildman–Crippen MR) is 89.6 cm³/mol. The molecule has 1 atom stereocenters. The molecule has 1 rings (SSSR count). The van der Waals surface area contributed by atoms with E-state index >= 15 is 0 Å². The molecule has 1 aromatic carbocycles. The molecule has 0 heterocycles. The molecule has 0 aliphatic carbocycles. The number of nitrogens with two attached hydrogens (primary N) is 1. The molecule has 1 aromatic rings. The fourth-order valence-electron chi connectivity index (χ4n) is 2.30. The summed E-state index contributed by atoms with van der Waals surface area (Å²) in [5.74, 6) is 0.669. The van der Waals surface area contributed by atoms with E-state index in [-0.39, 0.29) is 5.91 Å². The van der Waals surface area contributed by atoms with E-state index in [2.05, 4.69) is 6.92 Å². The summed E-state index contributed by atoms with van der Waals surface area (Å²) in [6.45, 7) is 3.33. The van der Waals surface area contributed by atoms with E-state index in [4.69, 9.17) is 28.9 Å². The van der Waals surface area contributed by atoms with Gasteiger partial charge in [-0.3, -0.25) is 4.79 Å². The van der Waals surface area contributed by atoms with Crippen LogP contribution in [0.5, 0.6) is 0 Å². The summed E-state index contributed by atoms with van der Waals surface area (Å²) in [6, 6.07) is 5.35. The minimum absolute atomic E-state index is 0.136. The molecule has 1 amide bonds. The fraction of sp³-hybridized carbons (Fsp3) is 0.562. The number of nitrogens with zero attached hydrogens (tertiary/aromatic N) is 1. The van der Waals surface area contributed by atoms with Crippen molar-refractivity contribution in [3.05, 3.63) is 33.8 Å². The Morgan fingerprint density at radius 2 is 2.05 bits per heavy atom. The van der Waals surface area contributed by atoms with Crippen molar-refractivity contribution in [3.8, 4) is 0 Å². The lowest BCUT2D eigenvalue weighted by Gasteiger charge is -2.20. The van der Waals surface area contributed by atoms with Gasteiger partial charge < -0.3 is 10.6 Å². The largest absolute Gasteiger partial charge is 0.341 e. The summed E-state index contributed by atoms with van der Waals surface area (Å²) in [5, 5.41) is 1.20. The number of carbonyl (C=O) groups excluding carboxylic acids is 1. The van der Waals surface area contributed by atoms with E-state index in [1.165, 1.54) is 0 Å². The standard InChI is InChI=1S/C16H24Cl2N2O/c1-3-12(8-9-19)4-7-16(21)20(2)11-13-5-6-14(17)10-15(13)18/h5-6,10,12H,3-4,7-9,11,19H2,1-2H3.